The van der Waals surface area contributed by atoms with Crippen molar-refractivity contribution in [3.8, 4) is 0 Å². The lowest BCUT2D eigenvalue weighted by Gasteiger charge is -2.27. The van der Waals surface area contributed by atoms with Crippen molar-refractivity contribution >= 4 is 5.91 Å². The number of carbonyl (C=O) groups excluding carboxylic acids is 1. The number of rotatable bonds is 4. The molecule has 1 atom stereocenters. The maximum absolute atomic E-state index is 11.7. The summed E-state index contributed by atoms with van der Waals surface area (Å²) in [7, 11) is 1.51. The molecule has 14 heavy (non-hydrogen) atoms. The summed E-state index contributed by atoms with van der Waals surface area (Å²) in [6.45, 7) is 2.32. The number of nitrogens with two attached hydrogens (primary N) is 1. The van der Waals surface area contributed by atoms with Gasteiger partial charge in [-0.15, -0.1) is 0 Å². The summed E-state index contributed by atoms with van der Waals surface area (Å²) in [6.07, 6.45) is 3.99. The zero-order valence-corrected chi connectivity index (χ0v) is 9.01. The lowest BCUT2D eigenvalue weighted by molar-refractivity contribution is -0.132. The van der Waals surface area contributed by atoms with Crippen LogP contribution < -0.4 is 11.1 Å². The second-order valence-electron chi connectivity index (χ2n) is 4.22. The van der Waals surface area contributed by atoms with Crippen LogP contribution >= 0.6 is 0 Å². The Morgan fingerprint density at radius 2 is 2.14 bits per heavy atom. The van der Waals surface area contributed by atoms with Gasteiger partial charge in [-0.1, -0.05) is 12.8 Å². The summed E-state index contributed by atoms with van der Waals surface area (Å²) in [6, 6.07) is 0. The van der Waals surface area contributed by atoms with Gasteiger partial charge >= 0.3 is 0 Å². The van der Waals surface area contributed by atoms with E-state index in [0.29, 0.717) is 0 Å². The summed E-state index contributed by atoms with van der Waals surface area (Å²) >= 11 is 0. The number of ether oxygens (including phenoxy) is 1. The summed E-state index contributed by atoms with van der Waals surface area (Å²) in [4.78, 5) is 11.7. The molecule has 1 rings (SSSR count). The molecule has 0 radical (unpaired) electrons. The number of amides is 1. The first kappa shape index (κ1) is 11.5. The molecule has 0 aromatic heterocycles. The minimum absolute atomic E-state index is 0.0387. The van der Waals surface area contributed by atoms with E-state index in [-0.39, 0.29) is 18.0 Å². The summed E-state index contributed by atoms with van der Waals surface area (Å²) in [5.41, 5.74) is 5.38. The van der Waals surface area contributed by atoms with Gasteiger partial charge in [-0.25, -0.2) is 0 Å². The fraction of sp³-hybridized carbons (Fsp3) is 0.900. The molecule has 3 N–H and O–H groups in total. The molecule has 4 heteroatoms. The maximum Gasteiger partial charge on any atom is 0.250 e. The van der Waals surface area contributed by atoms with Gasteiger partial charge in [0.2, 0.25) is 0 Å². The average Bonchev–Trinajstić information content (AvgIpc) is 2.54. The first-order valence-corrected chi connectivity index (χ1v) is 5.16. The van der Waals surface area contributed by atoms with Crippen LogP contribution in [0, 0.1) is 0 Å². The van der Waals surface area contributed by atoms with Crippen LogP contribution in [0.15, 0.2) is 0 Å². The van der Waals surface area contributed by atoms with Crippen LogP contribution in [0.1, 0.15) is 32.6 Å². The highest BCUT2D eigenvalue weighted by atomic mass is 16.5. The van der Waals surface area contributed by atoms with Gasteiger partial charge in [0, 0.05) is 19.2 Å². The first-order valence-electron chi connectivity index (χ1n) is 5.16. The van der Waals surface area contributed by atoms with Crippen molar-refractivity contribution in [2.75, 3.05) is 13.7 Å². The Balaban J connectivity index is 2.46. The molecule has 1 aliphatic carbocycles. The lowest BCUT2D eigenvalue weighted by Crippen LogP contribution is -2.50. The highest BCUT2D eigenvalue weighted by Crippen LogP contribution is 2.28. The van der Waals surface area contributed by atoms with Gasteiger partial charge in [0.1, 0.15) is 6.10 Å². The quantitative estimate of drug-likeness (QED) is 0.691. The number of carbonyl (C=O) groups is 1. The van der Waals surface area contributed by atoms with Gasteiger partial charge in [-0.3, -0.25) is 4.79 Å². The van der Waals surface area contributed by atoms with Crippen molar-refractivity contribution in [3.05, 3.63) is 0 Å². The molecule has 0 bridgehead atoms. The Hall–Kier alpha value is -0.610. The molecule has 0 aromatic rings. The Kier molecular flexibility index (Phi) is 3.89. The van der Waals surface area contributed by atoms with E-state index in [1.807, 2.05) is 0 Å². The van der Waals surface area contributed by atoms with Crippen molar-refractivity contribution in [2.24, 2.45) is 5.73 Å². The fourth-order valence-electron chi connectivity index (χ4n) is 1.97. The smallest absolute Gasteiger partial charge is 0.250 e. The second-order valence-corrected chi connectivity index (χ2v) is 4.22. The fourth-order valence-corrected chi connectivity index (χ4v) is 1.97. The van der Waals surface area contributed by atoms with Crippen LogP contribution in [-0.2, 0) is 9.53 Å². The molecule has 0 aliphatic heterocycles. The summed E-state index contributed by atoms with van der Waals surface area (Å²) in [5, 5.41) is 3.01. The third kappa shape index (κ3) is 2.69. The van der Waals surface area contributed by atoms with Gasteiger partial charge in [0.25, 0.3) is 5.91 Å². The summed E-state index contributed by atoms with van der Waals surface area (Å²) < 4.78 is 4.98. The number of hydrogen-bond donors (Lipinski definition) is 2. The van der Waals surface area contributed by atoms with Crippen LogP contribution in [0.5, 0.6) is 0 Å². The molecule has 0 spiro atoms. The number of nitrogens with one attached hydrogen (secondary N) is 1. The largest absolute Gasteiger partial charge is 0.370 e. The van der Waals surface area contributed by atoms with E-state index < -0.39 is 6.10 Å². The molecule has 1 amide bonds. The molecule has 1 saturated carbocycles. The second kappa shape index (κ2) is 4.75. The molecule has 0 saturated heterocycles. The minimum atomic E-state index is -0.507. The molecule has 0 heterocycles. The normalized spacial score (nSPS) is 21.9. The van der Waals surface area contributed by atoms with Crippen molar-refractivity contribution < 1.29 is 9.53 Å². The van der Waals surface area contributed by atoms with E-state index in [2.05, 4.69) is 12.2 Å². The van der Waals surface area contributed by atoms with Gasteiger partial charge in [0.05, 0.1) is 0 Å². The van der Waals surface area contributed by atoms with E-state index >= 15 is 0 Å². The maximum atomic E-state index is 11.7. The monoisotopic (exact) mass is 200 g/mol. The number of hydrogen-bond acceptors (Lipinski definition) is 3. The van der Waals surface area contributed by atoms with E-state index in [0.717, 1.165) is 12.8 Å². The lowest BCUT2D eigenvalue weighted by atomic mass is 10.0. The van der Waals surface area contributed by atoms with Gasteiger partial charge in [-0.05, 0) is 19.8 Å². The Bertz CT molecular complexity index is 196. The van der Waals surface area contributed by atoms with Gasteiger partial charge in [0.15, 0.2) is 0 Å². The Labute approximate surface area is 85.2 Å². The topological polar surface area (TPSA) is 64.3 Å². The standard InChI is InChI=1S/C10H20N2O2/c1-10(5-3-4-6-10)12-9(13)8(7-11)14-2/h8H,3-7,11H2,1-2H3,(H,12,13). The SMILES string of the molecule is COC(CN)C(=O)NC1(C)CCCC1. The molecule has 0 aromatic carbocycles. The van der Waals surface area contributed by atoms with E-state index in [9.17, 15) is 4.79 Å². The predicted molar refractivity (Wildman–Crippen MR) is 54.9 cm³/mol. The molecule has 1 unspecified atom stereocenters. The van der Waals surface area contributed by atoms with Crippen LogP contribution in [0.25, 0.3) is 0 Å². The van der Waals surface area contributed by atoms with E-state index in [4.69, 9.17) is 10.5 Å². The molecule has 82 valence electrons. The highest BCUT2D eigenvalue weighted by Gasteiger charge is 2.32. The van der Waals surface area contributed by atoms with Crippen molar-refractivity contribution in [2.45, 2.75) is 44.2 Å². The molecule has 1 aliphatic rings. The Morgan fingerprint density at radius 1 is 1.57 bits per heavy atom. The number of methoxy groups -OCH3 is 1. The third-order valence-electron chi connectivity index (χ3n) is 2.92. The zero-order valence-electron chi connectivity index (χ0n) is 9.01. The predicted octanol–water partition coefficient (Wildman–Crippen LogP) is 0.409. The van der Waals surface area contributed by atoms with Crippen LogP contribution in [0.4, 0.5) is 0 Å². The molecular formula is C10H20N2O2. The van der Waals surface area contributed by atoms with Gasteiger partial charge in [-0.2, -0.15) is 0 Å². The Morgan fingerprint density at radius 3 is 2.57 bits per heavy atom. The van der Waals surface area contributed by atoms with Crippen LogP contribution in [-0.4, -0.2) is 31.2 Å². The molecule has 4 nitrogen and oxygen atoms in total. The average molecular weight is 200 g/mol. The highest BCUT2D eigenvalue weighted by molar-refractivity contribution is 5.81. The van der Waals surface area contributed by atoms with E-state index in [1.54, 1.807) is 0 Å². The first-order chi connectivity index (χ1) is 6.61. The molecule has 1 fully saturated rings. The van der Waals surface area contributed by atoms with Crippen LogP contribution in [0.2, 0.25) is 0 Å². The van der Waals surface area contributed by atoms with Gasteiger partial charge < -0.3 is 15.8 Å². The minimum Gasteiger partial charge on any atom is -0.370 e. The summed E-state index contributed by atoms with van der Waals surface area (Å²) in [5.74, 6) is -0.0839. The third-order valence-corrected chi connectivity index (χ3v) is 2.92. The van der Waals surface area contributed by atoms with Crippen LogP contribution in [0.3, 0.4) is 0 Å². The van der Waals surface area contributed by atoms with Crippen molar-refractivity contribution in [3.63, 3.8) is 0 Å². The van der Waals surface area contributed by atoms with Crippen molar-refractivity contribution in [1.82, 2.24) is 5.32 Å². The van der Waals surface area contributed by atoms with Crippen molar-refractivity contribution in [1.29, 1.82) is 0 Å². The van der Waals surface area contributed by atoms with E-state index in [1.165, 1.54) is 20.0 Å². The molecular weight excluding hydrogens is 180 g/mol. The zero-order chi connectivity index (χ0) is 10.6.